The smallest absolute Gasteiger partial charge is 0.417 e. The Labute approximate surface area is 125 Å². The van der Waals surface area contributed by atoms with Crippen LogP contribution in [0.25, 0.3) is 0 Å². The van der Waals surface area contributed by atoms with Crippen LogP contribution < -0.4 is 4.74 Å². The highest BCUT2D eigenvalue weighted by Crippen LogP contribution is 2.34. The molecule has 0 atom stereocenters. The van der Waals surface area contributed by atoms with E-state index in [0.29, 0.717) is 17.9 Å². The molecule has 0 aliphatic heterocycles. The Morgan fingerprint density at radius 1 is 1.14 bits per heavy atom. The van der Waals surface area contributed by atoms with Crippen LogP contribution in [-0.2, 0) is 6.18 Å². The minimum atomic E-state index is -4.48. The van der Waals surface area contributed by atoms with Crippen molar-refractivity contribution in [3.63, 3.8) is 0 Å². The number of ether oxygens (including phenoxy) is 1. The monoisotopic (exact) mass is 315 g/mol. The van der Waals surface area contributed by atoms with Gasteiger partial charge in [-0.25, -0.2) is 4.98 Å². The van der Waals surface area contributed by atoms with Gasteiger partial charge in [-0.2, -0.15) is 13.2 Å². The number of alkyl halides is 3. The second-order valence-electron chi connectivity index (χ2n) is 4.83. The molecule has 0 aliphatic carbocycles. The van der Waals surface area contributed by atoms with Crippen LogP contribution in [0.1, 0.15) is 30.9 Å². The van der Waals surface area contributed by atoms with E-state index in [-0.39, 0.29) is 10.9 Å². The summed E-state index contributed by atoms with van der Waals surface area (Å²) in [4.78, 5) is 3.62. The molecule has 6 heteroatoms. The molecule has 0 bridgehead atoms. The molecule has 2 nitrogen and oxygen atoms in total. The maximum absolute atomic E-state index is 12.5. The predicted molar refractivity (Wildman–Crippen MR) is 74.9 cm³/mol. The van der Waals surface area contributed by atoms with Crippen molar-refractivity contribution in [2.24, 2.45) is 0 Å². The lowest BCUT2D eigenvalue weighted by Gasteiger charge is -2.11. The standard InChI is InChI=1S/C15H13ClF3NO/c1-9(2)10-3-5-12(6-4-10)21-14-13(16)7-11(8-20-14)15(17,18)19/h3-9H,1-2H3. The normalized spacial score (nSPS) is 11.8. The van der Waals surface area contributed by atoms with E-state index in [4.69, 9.17) is 16.3 Å². The number of nitrogens with zero attached hydrogens (tertiary/aromatic N) is 1. The summed E-state index contributed by atoms with van der Waals surface area (Å²) < 4.78 is 42.9. The van der Waals surface area contributed by atoms with Crippen molar-refractivity contribution in [1.29, 1.82) is 0 Å². The number of hydrogen-bond acceptors (Lipinski definition) is 2. The van der Waals surface area contributed by atoms with Gasteiger partial charge in [0.25, 0.3) is 0 Å². The van der Waals surface area contributed by atoms with Gasteiger partial charge in [-0.3, -0.25) is 0 Å². The number of rotatable bonds is 3. The van der Waals surface area contributed by atoms with E-state index < -0.39 is 11.7 Å². The zero-order valence-electron chi connectivity index (χ0n) is 11.4. The summed E-state index contributed by atoms with van der Waals surface area (Å²) in [5, 5.41) is -0.183. The first-order valence-electron chi connectivity index (χ1n) is 6.28. The average molecular weight is 316 g/mol. The third-order valence-electron chi connectivity index (χ3n) is 2.90. The SMILES string of the molecule is CC(C)c1ccc(Oc2ncc(C(F)(F)F)cc2Cl)cc1. The average Bonchev–Trinajstić information content (AvgIpc) is 2.40. The third kappa shape index (κ3) is 3.88. The molecular formula is C15H13ClF3NO. The Morgan fingerprint density at radius 3 is 2.24 bits per heavy atom. The molecule has 0 aliphatic rings. The molecule has 0 radical (unpaired) electrons. The molecule has 0 saturated carbocycles. The van der Waals surface area contributed by atoms with Crippen LogP contribution in [-0.4, -0.2) is 4.98 Å². The molecule has 0 spiro atoms. The number of halogens is 4. The Hall–Kier alpha value is -1.75. The molecule has 112 valence electrons. The van der Waals surface area contributed by atoms with E-state index in [2.05, 4.69) is 18.8 Å². The van der Waals surface area contributed by atoms with Gasteiger partial charge in [-0.05, 0) is 29.7 Å². The molecular weight excluding hydrogens is 303 g/mol. The van der Waals surface area contributed by atoms with Crippen LogP contribution in [0.3, 0.4) is 0 Å². The zero-order chi connectivity index (χ0) is 15.6. The number of aromatic nitrogens is 1. The Bertz CT molecular complexity index is 624. The van der Waals surface area contributed by atoms with Gasteiger partial charge < -0.3 is 4.74 Å². The minimum Gasteiger partial charge on any atom is -0.438 e. The van der Waals surface area contributed by atoms with E-state index in [9.17, 15) is 13.2 Å². The summed E-state index contributed by atoms with van der Waals surface area (Å²) in [6.07, 6.45) is -3.78. The fraction of sp³-hybridized carbons (Fsp3) is 0.267. The van der Waals surface area contributed by atoms with Crippen LogP contribution >= 0.6 is 11.6 Å². The highest BCUT2D eigenvalue weighted by atomic mass is 35.5. The van der Waals surface area contributed by atoms with Crippen molar-refractivity contribution in [1.82, 2.24) is 4.98 Å². The van der Waals surface area contributed by atoms with Gasteiger partial charge in [0.1, 0.15) is 10.8 Å². The zero-order valence-corrected chi connectivity index (χ0v) is 12.2. The molecule has 2 aromatic rings. The summed E-state index contributed by atoms with van der Waals surface area (Å²) >= 11 is 5.78. The number of hydrogen-bond donors (Lipinski definition) is 0. The Kier molecular flexibility index (Phi) is 4.42. The molecule has 0 amide bonds. The minimum absolute atomic E-state index is 0.0537. The second-order valence-corrected chi connectivity index (χ2v) is 5.24. The Morgan fingerprint density at radius 2 is 1.76 bits per heavy atom. The predicted octanol–water partition coefficient (Wildman–Crippen LogP) is 5.67. The van der Waals surface area contributed by atoms with Crippen molar-refractivity contribution in [3.8, 4) is 11.6 Å². The number of benzene rings is 1. The first-order chi connectivity index (χ1) is 9.77. The van der Waals surface area contributed by atoms with Gasteiger partial charge in [0, 0.05) is 6.20 Å². The van der Waals surface area contributed by atoms with E-state index in [1.54, 1.807) is 12.1 Å². The van der Waals surface area contributed by atoms with Gasteiger partial charge in [-0.1, -0.05) is 37.6 Å². The summed E-state index contributed by atoms with van der Waals surface area (Å²) in [5.74, 6) is 0.794. The first kappa shape index (κ1) is 15.6. The van der Waals surface area contributed by atoms with Crippen LogP contribution in [0, 0.1) is 0 Å². The molecule has 0 unspecified atom stereocenters. The van der Waals surface area contributed by atoms with Gasteiger partial charge >= 0.3 is 6.18 Å². The fourth-order valence-corrected chi connectivity index (χ4v) is 1.89. The highest BCUT2D eigenvalue weighted by molar-refractivity contribution is 6.31. The summed E-state index contributed by atoms with van der Waals surface area (Å²) in [5.41, 5.74) is 0.226. The van der Waals surface area contributed by atoms with Crippen molar-refractivity contribution >= 4 is 11.6 Å². The summed E-state index contributed by atoms with van der Waals surface area (Å²) in [6, 6.07) is 8.03. The lowest BCUT2D eigenvalue weighted by molar-refractivity contribution is -0.137. The van der Waals surface area contributed by atoms with Gasteiger partial charge in [-0.15, -0.1) is 0 Å². The van der Waals surface area contributed by atoms with E-state index in [0.717, 1.165) is 11.6 Å². The maximum atomic E-state index is 12.5. The molecule has 0 N–H and O–H groups in total. The van der Waals surface area contributed by atoms with Crippen molar-refractivity contribution in [2.75, 3.05) is 0 Å². The second kappa shape index (κ2) is 5.93. The largest absolute Gasteiger partial charge is 0.438 e. The Balaban J connectivity index is 2.20. The first-order valence-corrected chi connectivity index (χ1v) is 6.65. The van der Waals surface area contributed by atoms with Gasteiger partial charge in [0.05, 0.1) is 5.56 Å². The molecule has 21 heavy (non-hydrogen) atoms. The van der Waals surface area contributed by atoms with Crippen LogP contribution in [0.5, 0.6) is 11.6 Å². The topological polar surface area (TPSA) is 22.1 Å². The van der Waals surface area contributed by atoms with Gasteiger partial charge in [0.15, 0.2) is 0 Å². The van der Waals surface area contributed by atoms with Crippen LogP contribution in [0.15, 0.2) is 36.5 Å². The fourth-order valence-electron chi connectivity index (χ4n) is 1.69. The lowest BCUT2D eigenvalue weighted by atomic mass is 10.0. The van der Waals surface area contributed by atoms with Crippen LogP contribution in [0.4, 0.5) is 13.2 Å². The molecule has 1 aromatic heterocycles. The van der Waals surface area contributed by atoms with E-state index in [1.807, 2.05) is 12.1 Å². The molecule has 2 rings (SSSR count). The van der Waals surface area contributed by atoms with Gasteiger partial charge in [0.2, 0.25) is 5.88 Å². The quantitative estimate of drug-likeness (QED) is 0.728. The third-order valence-corrected chi connectivity index (χ3v) is 3.17. The molecule has 1 aromatic carbocycles. The highest BCUT2D eigenvalue weighted by Gasteiger charge is 2.31. The molecule has 1 heterocycles. The summed E-state index contributed by atoms with van der Waals surface area (Å²) in [7, 11) is 0. The van der Waals surface area contributed by atoms with Crippen LogP contribution in [0.2, 0.25) is 5.02 Å². The molecule has 0 saturated heterocycles. The van der Waals surface area contributed by atoms with Crippen molar-refractivity contribution in [3.05, 3.63) is 52.7 Å². The van der Waals surface area contributed by atoms with Crippen molar-refractivity contribution in [2.45, 2.75) is 25.9 Å². The maximum Gasteiger partial charge on any atom is 0.417 e. The molecule has 0 fully saturated rings. The summed E-state index contributed by atoms with van der Waals surface area (Å²) in [6.45, 7) is 4.12. The van der Waals surface area contributed by atoms with E-state index >= 15 is 0 Å². The number of pyridine rings is 1. The van der Waals surface area contributed by atoms with E-state index in [1.165, 1.54) is 0 Å². The van der Waals surface area contributed by atoms with Crippen molar-refractivity contribution < 1.29 is 17.9 Å². The lowest BCUT2D eigenvalue weighted by Crippen LogP contribution is -2.05.